The number of ether oxygens (including phenoxy) is 1. The second kappa shape index (κ2) is 6.61. The van der Waals surface area contributed by atoms with Gasteiger partial charge in [0.05, 0.1) is 11.1 Å². The molecule has 3 aromatic rings. The number of hydrogen-bond acceptors (Lipinski definition) is 6. The molecule has 7 nitrogen and oxygen atoms in total. The average Bonchev–Trinajstić information content (AvgIpc) is 3.06. The lowest BCUT2D eigenvalue weighted by molar-refractivity contribution is -0.117. The van der Waals surface area contributed by atoms with Crippen LogP contribution in [0.3, 0.4) is 0 Å². The first-order valence-corrected chi connectivity index (χ1v) is 10.1. The van der Waals surface area contributed by atoms with Gasteiger partial charge in [0.2, 0.25) is 11.8 Å². The van der Waals surface area contributed by atoms with Gasteiger partial charge in [-0.3, -0.25) is 4.79 Å². The van der Waals surface area contributed by atoms with Crippen LogP contribution < -0.4 is 15.4 Å². The molecule has 3 aromatic heterocycles. The third-order valence-corrected chi connectivity index (χ3v) is 5.81. The maximum absolute atomic E-state index is 12.0. The summed E-state index contributed by atoms with van der Waals surface area (Å²) in [6.07, 6.45) is 5.05. The number of fused-ring (bicyclic) bond motifs is 1. The van der Waals surface area contributed by atoms with Crippen molar-refractivity contribution in [3.63, 3.8) is 0 Å². The highest BCUT2D eigenvalue weighted by Gasteiger charge is 2.30. The maximum atomic E-state index is 12.0. The molecule has 2 N–H and O–H groups in total. The van der Waals surface area contributed by atoms with E-state index in [1.165, 1.54) is 11.5 Å². The smallest absolute Gasteiger partial charge is 0.233 e. The molecule has 4 heterocycles. The first kappa shape index (κ1) is 16.7. The van der Waals surface area contributed by atoms with Gasteiger partial charge >= 0.3 is 0 Å². The number of amides is 1. The highest BCUT2D eigenvalue weighted by atomic mass is 32.1. The lowest BCUT2D eigenvalue weighted by atomic mass is 10.1. The van der Waals surface area contributed by atoms with Gasteiger partial charge in [-0.2, -0.15) is 9.47 Å². The first-order valence-electron chi connectivity index (χ1n) is 9.32. The van der Waals surface area contributed by atoms with E-state index in [9.17, 15) is 4.79 Å². The fraction of sp³-hybridized carbons (Fsp3) is 0.421. The van der Waals surface area contributed by atoms with Crippen molar-refractivity contribution in [1.29, 1.82) is 0 Å². The van der Waals surface area contributed by atoms with Gasteiger partial charge in [-0.05, 0) is 62.0 Å². The third-order valence-electron chi connectivity index (χ3n) is 5.08. The standard InChI is InChI=1S/C19H21N5O2S/c1-11-17(19(23-27-11)26-15-4-6-20-10-15)13-5-7-24-14(8-13)9-16(22-24)21-18(25)12-2-3-12/h5,7-9,12,15,20H,2-4,6,10H2,1H3,(H,21,22,25)/t15-/m0/s1. The number of aromatic nitrogens is 3. The van der Waals surface area contributed by atoms with E-state index in [1.54, 1.807) is 4.52 Å². The van der Waals surface area contributed by atoms with Crippen molar-refractivity contribution in [2.24, 2.45) is 5.92 Å². The van der Waals surface area contributed by atoms with Crippen LogP contribution in [-0.2, 0) is 4.79 Å². The van der Waals surface area contributed by atoms with Crippen molar-refractivity contribution in [3.8, 4) is 17.0 Å². The van der Waals surface area contributed by atoms with Crippen LogP contribution in [0.2, 0.25) is 0 Å². The normalized spacial score (nSPS) is 19.5. The summed E-state index contributed by atoms with van der Waals surface area (Å²) < 4.78 is 12.4. The fourth-order valence-corrected chi connectivity index (χ4v) is 4.08. The van der Waals surface area contributed by atoms with E-state index in [2.05, 4.69) is 33.1 Å². The van der Waals surface area contributed by atoms with Crippen LogP contribution in [0.25, 0.3) is 16.6 Å². The van der Waals surface area contributed by atoms with Crippen molar-refractivity contribution in [1.82, 2.24) is 19.3 Å². The molecule has 0 aromatic carbocycles. The molecule has 1 saturated carbocycles. The predicted octanol–water partition coefficient (Wildman–Crippen LogP) is 2.86. The minimum Gasteiger partial charge on any atom is -0.472 e. The Balaban J connectivity index is 1.44. The SMILES string of the molecule is Cc1snc(O[C@H]2CCNC2)c1-c1ccn2nc(NC(=O)C3CC3)cc2c1. The highest BCUT2D eigenvalue weighted by Crippen LogP contribution is 2.37. The summed E-state index contributed by atoms with van der Waals surface area (Å²) in [5.41, 5.74) is 3.02. The largest absolute Gasteiger partial charge is 0.472 e. The van der Waals surface area contributed by atoms with E-state index >= 15 is 0 Å². The maximum Gasteiger partial charge on any atom is 0.233 e. The molecule has 1 saturated heterocycles. The van der Waals surface area contributed by atoms with Crippen molar-refractivity contribution in [2.75, 3.05) is 18.4 Å². The molecule has 8 heteroatoms. The summed E-state index contributed by atoms with van der Waals surface area (Å²) in [5.74, 6) is 1.53. The van der Waals surface area contributed by atoms with E-state index in [1.807, 2.05) is 18.3 Å². The number of hydrogen-bond donors (Lipinski definition) is 2. The zero-order valence-electron chi connectivity index (χ0n) is 15.1. The Labute approximate surface area is 160 Å². The molecule has 1 atom stereocenters. The zero-order valence-corrected chi connectivity index (χ0v) is 15.9. The molecule has 2 aliphatic rings. The number of pyridine rings is 1. The van der Waals surface area contributed by atoms with Crippen LogP contribution in [0.5, 0.6) is 5.88 Å². The van der Waals surface area contributed by atoms with Gasteiger partial charge in [0.15, 0.2) is 5.82 Å². The van der Waals surface area contributed by atoms with Gasteiger partial charge in [0, 0.05) is 29.6 Å². The van der Waals surface area contributed by atoms with E-state index in [-0.39, 0.29) is 17.9 Å². The first-order chi connectivity index (χ1) is 13.2. The van der Waals surface area contributed by atoms with Crippen LogP contribution in [0, 0.1) is 12.8 Å². The van der Waals surface area contributed by atoms with Crippen molar-refractivity contribution >= 4 is 28.8 Å². The molecule has 0 spiro atoms. The van der Waals surface area contributed by atoms with Gasteiger partial charge in [-0.25, -0.2) is 4.52 Å². The van der Waals surface area contributed by atoms with Gasteiger partial charge in [-0.15, -0.1) is 0 Å². The minimum absolute atomic E-state index is 0.0670. The van der Waals surface area contributed by atoms with Crippen LogP contribution in [-0.4, -0.2) is 39.1 Å². The predicted molar refractivity (Wildman–Crippen MR) is 104 cm³/mol. The van der Waals surface area contributed by atoms with Crippen molar-refractivity contribution in [2.45, 2.75) is 32.3 Å². The van der Waals surface area contributed by atoms with Crippen molar-refractivity contribution < 1.29 is 9.53 Å². The van der Waals surface area contributed by atoms with Crippen LogP contribution in [0.4, 0.5) is 5.82 Å². The summed E-state index contributed by atoms with van der Waals surface area (Å²) in [6.45, 7) is 3.91. The molecule has 27 heavy (non-hydrogen) atoms. The monoisotopic (exact) mass is 383 g/mol. The Morgan fingerprint density at radius 1 is 1.37 bits per heavy atom. The van der Waals surface area contributed by atoms with Crippen LogP contribution in [0.15, 0.2) is 24.4 Å². The van der Waals surface area contributed by atoms with Gasteiger partial charge in [-0.1, -0.05) is 0 Å². The van der Waals surface area contributed by atoms with E-state index < -0.39 is 0 Å². The molecule has 1 amide bonds. The Morgan fingerprint density at radius 3 is 3.04 bits per heavy atom. The van der Waals surface area contributed by atoms with E-state index in [0.717, 1.165) is 53.9 Å². The fourth-order valence-electron chi connectivity index (χ4n) is 3.43. The summed E-state index contributed by atoms with van der Waals surface area (Å²) in [6, 6.07) is 5.99. The van der Waals surface area contributed by atoms with Gasteiger partial charge in [0.25, 0.3) is 0 Å². The van der Waals surface area contributed by atoms with Gasteiger partial charge in [0.1, 0.15) is 6.10 Å². The topological polar surface area (TPSA) is 80.6 Å². The second-order valence-corrected chi connectivity index (χ2v) is 8.21. The molecule has 0 radical (unpaired) electrons. The number of anilines is 1. The Hall–Kier alpha value is -2.45. The third kappa shape index (κ3) is 3.30. The molecular formula is C19H21N5O2S. The zero-order chi connectivity index (χ0) is 18.4. The van der Waals surface area contributed by atoms with E-state index in [0.29, 0.717) is 11.7 Å². The number of carbonyl (C=O) groups excluding carboxylic acids is 1. The molecule has 5 rings (SSSR count). The molecular weight excluding hydrogens is 362 g/mol. The number of aryl methyl sites for hydroxylation is 1. The Morgan fingerprint density at radius 2 is 2.26 bits per heavy atom. The van der Waals surface area contributed by atoms with Gasteiger partial charge < -0.3 is 15.4 Å². The summed E-state index contributed by atoms with van der Waals surface area (Å²) in [5, 5.41) is 10.7. The second-order valence-electron chi connectivity index (χ2n) is 7.23. The van der Waals surface area contributed by atoms with Crippen LogP contribution in [0.1, 0.15) is 24.1 Å². The van der Waals surface area contributed by atoms with Crippen LogP contribution >= 0.6 is 11.5 Å². The lowest BCUT2D eigenvalue weighted by Gasteiger charge is -2.12. The minimum atomic E-state index is 0.0670. The van der Waals surface area contributed by atoms with E-state index in [4.69, 9.17) is 4.74 Å². The molecule has 140 valence electrons. The Kier molecular flexibility index (Phi) is 4.09. The summed E-state index contributed by atoms with van der Waals surface area (Å²) >= 11 is 1.46. The lowest BCUT2D eigenvalue weighted by Crippen LogP contribution is -2.19. The number of nitrogens with zero attached hydrogens (tertiary/aromatic N) is 3. The molecule has 1 aliphatic heterocycles. The molecule has 1 aliphatic carbocycles. The molecule has 2 fully saturated rings. The molecule has 0 unspecified atom stereocenters. The summed E-state index contributed by atoms with van der Waals surface area (Å²) in [4.78, 5) is 13.1. The average molecular weight is 383 g/mol. The number of nitrogens with one attached hydrogen (secondary N) is 2. The highest BCUT2D eigenvalue weighted by molar-refractivity contribution is 7.06. The van der Waals surface area contributed by atoms with Crippen molar-refractivity contribution in [3.05, 3.63) is 29.3 Å². The molecule has 0 bridgehead atoms. The summed E-state index contributed by atoms with van der Waals surface area (Å²) in [7, 11) is 0. The number of rotatable bonds is 5. The Bertz CT molecular complexity index is 1000. The number of carbonyl (C=O) groups is 1. The quantitative estimate of drug-likeness (QED) is 0.708.